The lowest BCUT2D eigenvalue weighted by Gasteiger charge is -2.24. The van der Waals surface area contributed by atoms with E-state index in [-0.39, 0.29) is 0 Å². The normalized spacial score (nSPS) is 27.2. The van der Waals surface area contributed by atoms with Crippen molar-refractivity contribution in [3.63, 3.8) is 0 Å². The maximum Gasteiger partial charge on any atom is 0.160 e. The molecule has 0 bridgehead atoms. The van der Waals surface area contributed by atoms with E-state index >= 15 is 0 Å². The van der Waals surface area contributed by atoms with E-state index in [9.17, 15) is 0 Å². The van der Waals surface area contributed by atoms with Crippen LogP contribution >= 0.6 is 0 Å². The van der Waals surface area contributed by atoms with Gasteiger partial charge in [0.2, 0.25) is 0 Å². The average Bonchev–Trinajstić information content (AvgIpc) is 3.14. The van der Waals surface area contributed by atoms with Gasteiger partial charge in [-0.25, -0.2) is 9.97 Å². The van der Waals surface area contributed by atoms with Gasteiger partial charge in [0.05, 0.1) is 19.3 Å². The third-order valence-corrected chi connectivity index (χ3v) is 4.27. The van der Waals surface area contributed by atoms with E-state index in [4.69, 9.17) is 14.5 Å². The van der Waals surface area contributed by atoms with Crippen LogP contribution in [0.3, 0.4) is 0 Å². The standard InChI is InChI=1S/C15H19N3O2/c1-4-13-15(16-6-1)18(12-5-8-20-10-12)14(17-13)11-3-2-7-19-9-11/h1,4,6,11-12H,2-3,5,7-10H2. The summed E-state index contributed by atoms with van der Waals surface area (Å²) in [6.07, 6.45) is 5.15. The first-order chi connectivity index (χ1) is 9.93. The van der Waals surface area contributed by atoms with E-state index in [0.717, 1.165) is 62.7 Å². The van der Waals surface area contributed by atoms with Crippen LogP contribution in [-0.4, -0.2) is 41.0 Å². The molecule has 0 N–H and O–H groups in total. The Bertz CT molecular complexity index is 598. The summed E-state index contributed by atoms with van der Waals surface area (Å²) in [7, 11) is 0. The first-order valence-corrected chi connectivity index (χ1v) is 7.42. The number of rotatable bonds is 2. The number of fused-ring (bicyclic) bond motifs is 1. The Balaban J connectivity index is 1.82. The third kappa shape index (κ3) is 2.01. The van der Waals surface area contributed by atoms with Crippen molar-refractivity contribution in [1.29, 1.82) is 0 Å². The van der Waals surface area contributed by atoms with Crippen LogP contribution in [0.4, 0.5) is 0 Å². The van der Waals surface area contributed by atoms with Gasteiger partial charge in [0, 0.05) is 25.3 Å². The highest BCUT2D eigenvalue weighted by Crippen LogP contribution is 2.32. The van der Waals surface area contributed by atoms with E-state index < -0.39 is 0 Å². The van der Waals surface area contributed by atoms with Gasteiger partial charge in [0.1, 0.15) is 11.3 Å². The molecule has 0 radical (unpaired) electrons. The summed E-state index contributed by atoms with van der Waals surface area (Å²) in [5.74, 6) is 1.52. The highest BCUT2D eigenvalue weighted by Gasteiger charge is 2.28. The van der Waals surface area contributed by atoms with Crippen LogP contribution in [0.1, 0.15) is 37.0 Å². The lowest BCUT2D eigenvalue weighted by molar-refractivity contribution is 0.0765. The molecule has 2 aliphatic rings. The fourth-order valence-electron chi connectivity index (χ4n) is 3.27. The smallest absolute Gasteiger partial charge is 0.160 e. The van der Waals surface area contributed by atoms with Crippen LogP contribution in [0.2, 0.25) is 0 Å². The second-order valence-electron chi connectivity index (χ2n) is 5.62. The molecular weight excluding hydrogens is 254 g/mol. The van der Waals surface area contributed by atoms with E-state index in [1.165, 1.54) is 0 Å². The fourth-order valence-corrected chi connectivity index (χ4v) is 3.27. The minimum atomic E-state index is 0.367. The van der Waals surface area contributed by atoms with Crippen LogP contribution in [0.5, 0.6) is 0 Å². The van der Waals surface area contributed by atoms with E-state index in [2.05, 4.69) is 9.55 Å². The molecule has 2 fully saturated rings. The molecule has 0 saturated carbocycles. The Morgan fingerprint density at radius 1 is 1.15 bits per heavy atom. The number of aromatic nitrogens is 3. The maximum absolute atomic E-state index is 5.65. The van der Waals surface area contributed by atoms with Crippen LogP contribution < -0.4 is 0 Å². The minimum absolute atomic E-state index is 0.367. The molecule has 2 saturated heterocycles. The molecule has 5 nitrogen and oxygen atoms in total. The predicted octanol–water partition coefficient (Wildman–Crippen LogP) is 2.29. The summed E-state index contributed by atoms with van der Waals surface area (Å²) in [5, 5.41) is 0. The van der Waals surface area contributed by atoms with Crippen molar-refractivity contribution >= 4 is 11.2 Å². The maximum atomic E-state index is 5.65. The SMILES string of the molecule is c1cnc2c(c1)nc(C1CCCOC1)n2C1CCOC1. The van der Waals surface area contributed by atoms with Crippen molar-refractivity contribution in [1.82, 2.24) is 14.5 Å². The predicted molar refractivity (Wildman–Crippen MR) is 74.8 cm³/mol. The average molecular weight is 273 g/mol. The van der Waals surface area contributed by atoms with Crippen molar-refractivity contribution in [2.24, 2.45) is 0 Å². The van der Waals surface area contributed by atoms with E-state index in [0.29, 0.717) is 12.0 Å². The second kappa shape index (κ2) is 5.14. The van der Waals surface area contributed by atoms with Gasteiger partial charge in [0.25, 0.3) is 0 Å². The van der Waals surface area contributed by atoms with Crippen LogP contribution in [0.25, 0.3) is 11.2 Å². The van der Waals surface area contributed by atoms with Gasteiger partial charge < -0.3 is 14.0 Å². The van der Waals surface area contributed by atoms with Crippen molar-refractivity contribution in [3.8, 4) is 0 Å². The molecule has 5 heteroatoms. The molecular formula is C15H19N3O2. The Hall–Kier alpha value is -1.46. The zero-order valence-corrected chi connectivity index (χ0v) is 11.5. The zero-order valence-electron chi connectivity index (χ0n) is 11.5. The largest absolute Gasteiger partial charge is 0.381 e. The minimum Gasteiger partial charge on any atom is -0.381 e. The number of hydrogen-bond acceptors (Lipinski definition) is 4. The number of imidazole rings is 1. The summed E-state index contributed by atoms with van der Waals surface area (Å²) in [4.78, 5) is 9.39. The van der Waals surface area contributed by atoms with Gasteiger partial charge in [-0.3, -0.25) is 0 Å². The summed E-state index contributed by atoms with van der Waals surface area (Å²) < 4.78 is 13.5. The molecule has 2 atom stereocenters. The van der Waals surface area contributed by atoms with Crippen molar-refractivity contribution in [2.45, 2.75) is 31.2 Å². The molecule has 4 heterocycles. The lowest BCUT2D eigenvalue weighted by Crippen LogP contribution is -2.22. The molecule has 0 aromatic carbocycles. The fraction of sp³-hybridized carbons (Fsp3) is 0.600. The number of nitrogens with zero attached hydrogens (tertiary/aromatic N) is 3. The topological polar surface area (TPSA) is 49.2 Å². The highest BCUT2D eigenvalue weighted by atomic mass is 16.5. The van der Waals surface area contributed by atoms with Crippen LogP contribution in [0, 0.1) is 0 Å². The molecule has 0 aliphatic carbocycles. The third-order valence-electron chi connectivity index (χ3n) is 4.27. The van der Waals surface area contributed by atoms with Gasteiger partial charge in [-0.2, -0.15) is 0 Å². The molecule has 20 heavy (non-hydrogen) atoms. The molecule has 2 aromatic rings. The number of hydrogen-bond donors (Lipinski definition) is 0. The number of pyridine rings is 1. The van der Waals surface area contributed by atoms with Crippen molar-refractivity contribution in [2.75, 3.05) is 26.4 Å². The van der Waals surface area contributed by atoms with Crippen molar-refractivity contribution < 1.29 is 9.47 Å². The van der Waals surface area contributed by atoms with Gasteiger partial charge in [-0.1, -0.05) is 0 Å². The molecule has 2 aromatic heterocycles. The van der Waals surface area contributed by atoms with E-state index in [1.807, 2.05) is 18.3 Å². The summed E-state index contributed by atoms with van der Waals surface area (Å²) >= 11 is 0. The van der Waals surface area contributed by atoms with Gasteiger partial charge in [-0.15, -0.1) is 0 Å². The quantitative estimate of drug-likeness (QED) is 0.842. The highest BCUT2D eigenvalue weighted by molar-refractivity contribution is 5.71. The van der Waals surface area contributed by atoms with Crippen molar-refractivity contribution in [3.05, 3.63) is 24.2 Å². The Morgan fingerprint density at radius 2 is 2.10 bits per heavy atom. The van der Waals surface area contributed by atoms with Gasteiger partial charge in [-0.05, 0) is 31.4 Å². The van der Waals surface area contributed by atoms with Gasteiger partial charge in [0.15, 0.2) is 5.65 Å². The zero-order chi connectivity index (χ0) is 13.4. The molecule has 2 unspecified atom stereocenters. The van der Waals surface area contributed by atoms with E-state index in [1.54, 1.807) is 0 Å². The summed E-state index contributed by atoms with van der Waals surface area (Å²) in [5.41, 5.74) is 1.98. The van der Waals surface area contributed by atoms with Gasteiger partial charge >= 0.3 is 0 Å². The van der Waals surface area contributed by atoms with Crippen LogP contribution in [-0.2, 0) is 9.47 Å². The molecule has 4 rings (SSSR count). The summed E-state index contributed by atoms with van der Waals surface area (Å²) in [6, 6.07) is 4.36. The lowest BCUT2D eigenvalue weighted by atomic mass is 10.0. The second-order valence-corrected chi connectivity index (χ2v) is 5.62. The molecule has 0 spiro atoms. The first-order valence-electron chi connectivity index (χ1n) is 7.42. The Kier molecular flexibility index (Phi) is 3.16. The molecule has 2 aliphatic heterocycles. The first kappa shape index (κ1) is 12.3. The molecule has 0 amide bonds. The Morgan fingerprint density at radius 3 is 2.90 bits per heavy atom. The Labute approximate surface area is 117 Å². The van der Waals surface area contributed by atoms with Crippen LogP contribution in [0.15, 0.2) is 18.3 Å². The monoisotopic (exact) mass is 273 g/mol. The molecule has 106 valence electrons. The summed E-state index contributed by atoms with van der Waals surface area (Å²) in [6.45, 7) is 3.25. The number of ether oxygens (including phenoxy) is 2.